The van der Waals surface area contributed by atoms with Gasteiger partial charge in [-0.1, -0.05) is 121 Å². The lowest BCUT2D eigenvalue weighted by Crippen LogP contribution is -2.14. The summed E-state index contributed by atoms with van der Waals surface area (Å²) in [5, 5.41) is 6.49. The molecule has 0 fully saturated rings. The van der Waals surface area contributed by atoms with E-state index in [9.17, 15) is 19.2 Å². The Morgan fingerprint density at radius 2 is 0.732 bits per heavy atom. The van der Waals surface area contributed by atoms with Crippen LogP contribution in [0.1, 0.15) is 20.7 Å². The number of rotatable bonds is 11. The number of nitrogens with one attached hydrogen (secondary N) is 2. The summed E-state index contributed by atoms with van der Waals surface area (Å²) >= 11 is 1.86. The number of hydrogen-bond acceptors (Lipinski definition) is 10. The van der Waals surface area contributed by atoms with E-state index in [-0.39, 0.29) is 44.3 Å². The highest BCUT2D eigenvalue weighted by Crippen LogP contribution is 2.37. The molecular weight excluding hydrogens is 737 g/mol. The SMILES string of the molecule is O=C1SC(=Nc2ccccc2)C(C(=O)c2ccccc2)=C1Nc1ccc(-c2ccc(NC3=C(C(=O)c4ccccc4)C(=Nc4ccccc4)SC3=O)cc2)cc1. The van der Waals surface area contributed by atoms with Gasteiger partial charge in [0.1, 0.15) is 21.5 Å². The molecule has 2 aliphatic rings. The van der Waals surface area contributed by atoms with Crippen molar-refractivity contribution in [1.82, 2.24) is 0 Å². The first-order valence-electron chi connectivity index (χ1n) is 17.6. The van der Waals surface area contributed by atoms with Crippen LogP contribution in [0.5, 0.6) is 0 Å². The lowest BCUT2D eigenvalue weighted by molar-refractivity contribution is -0.108. The van der Waals surface area contributed by atoms with Crippen LogP contribution in [-0.2, 0) is 9.59 Å². The molecule has 0 saturated heterocycles. The standard InChI is InChI=1S/C46H30N4O4S2/c51-41(31-13-5-1-6-14-31)37-39(45(53)55-43(37)49-33-17-9-3-10-18-33)47-35-25-21-29(22-26-35)30-23-27-36(28-24-30)48-40-38(42(52)32-15-7-2-8-16-32)44(56-46(40)54)50-34-19-11-4-12-20-34/h1-28,47-48H. The number of Topliss-reactive ketones (excluding diaryl/α,β-unsaturated/α-hetero) is 2. The van der Waals surface area contributed by atoms with Crippen LogP contribution in [-0.4, -0.2) is 31.9 Å². The number of ketones is 2. The molecule has 10 heteroatoms. The third-order valence-electron chi connectivity index (χ3n) is 8.86. The van der Waals surface area contributed by atoms with Crippen molar-refractivity contribution in [2.75, 3.05) is 10.6 Å². The number of carbonyl (C=O) groups excluding carboxylic acids is 4. The molecule has 0 aliphatic carbocycles. The van der Waals surface area contributed by atoms with Gasteiger partial charge in [0.15, 0.2) is 11.6 Å². The molecule has 8 nitrogen and oxygen atoms in total. The Labute approximate surface area is 331 Å². The highest BCUT2D eigenvalue weighted by atomic mass is 32.2. The van der Waals surface area contributed by atoms with Crippen LogP contribution in [0.15, 0.2) is 202 Å². The van der Waals surface area contributed by atoms with Crippen molar-refractivity contribution < 1.29 is 19.2 Å². The second kappa shape index (κ2) is 16.2. The molecule has 2 aliphatic heterocycles. The van der Waals surface area contributed by atoms with Gasteiger partial charge >= 0.3 is 0 Å². The van der Waals surface area contributed by atoms with E-state index >= 15 is 0 Å². The number of aliphatic imine (C=N–C) groups is 2. The van der Waals surface area contributed by atoms with Crippen LogP contribution >= 0.6 is 23.5 Å². The molecule has 6 aromatic rings. The number of hydrogen-bond donors (Lipinski definition) is 2. The van der Waals surface area contributed by atoms with Crippen LogP contribution in [0.25, 0.3) is 11.1 Å². The largest absolute Gasteiger partial charge is 0.351 e. The van der Waals surface area contributed by atoms with Gasteiger partial charge in [-0.2, -0.15) is 0 Å². The predicted octanol–water partition coefficient (Wildman–Crippen LogP) is 10.5. The van der Waals surface area contributed by atoms with Gasteiger partial charge in [-0.25, -0.2) is 9.98 Å². The van der Waals surface area contributed by atoms with Gasteiger partial charge in [-0.15, -0.1) is 0 Å². The summed E-state index contributed by atoms with van der Waals surface area (Å²) in [6, 6.07) is 51.2. The Hall–Kier alpha value is -6.88. The average molecular weight is 767 g/mol. The summed E-state index contributed by atoms with van der Waals surface area (Å²) in [4.78, 5) is 63.7. The van der Waals surface area contributed by atoms with Crippen molar-refractivity contribution in [1.29, 1.82) is 0 Å². The fourth-order valence-corrected chi connectivity index (χ4v) is 7.85. The highest BCUT2D eigenvalue weighted by molar-refractivity contribution is 8.28. The monoisotopic (exact) mass is 766 g/mol. The van der Waals surface area contributed by atoms with E-state index < -0.39 is 0 Å². The van der Waals surface area contributed by atoms with Crippen LogP contribution < -0.4 is 10.6 Å². The van der Waals surface area contributed by atoms with E-state index in [2.05, 4.69) is 20.6 Å². The van der Waals surface area contributed by atoms with Gasteiger partial charge in [-0.3, -0.25) is 19.2 Å². The highest BCUT2D eigenvalue weighted by Gasteiger charge is 2.36. The Kier molecular flexibility index (Phi) is 10.5. The molecule has 6 aromatic carbocycles. The zero-order chi connectivity index (χ0) is 38.4. The molecule has 0 aromatic heterocycles. The maximum atomic E-state index is 13.8. The summed E-state index contributed by atoms with van der Waals surface area (Å²) in [7, 11) is 0. The fourth-order valence-electron chi connectivity index (χ4n) is 6.09. The number of para-hydroxylation sites is 2. The maximum Gasteiger partial charge on any atom is 0.242 e. The van der Waals surface area contributed by atoms with E-state index in [0.29, 0.717) is 44.0 Å². The third kappa shape index (κ3) is 7.83. The fraction of sp³-hybridized carbons (Fsp3) is 0. The Morgan fingerprint density at radius 3 is 1.07 bits per heavy atom. The van der Waals surface area contributed by atoms with Crippen molar-refractivity contribution in [2.24, 2.45) is 9.98 Å². The molecule has 0 spiro atoms. The molecule has 2 N–H and O–H groups in total. The Morgan fingerprint density at radius 1 is 0.411 bits per heavy atom. The molecule has 0 saturated carbocycles. The zero-order valence-electron chi connectivity index (χ0n) is 29.5. The minimum absolute atomic E-state index is 0.178. The lowest BCUT2D eigenvalue weighted by Gasteiger charge is -2.11. The second-order valence-electron chi connectivity index (χ2n) is 12.6. The number of thioether (sulfide) groups is 2. The topological polar surface area (TPSA) is 117 Å². The van der Waals surface area contributed by atoms with Crippen LogP contribution in [0.4, 0.5) is 22.7 Å². The molecule has 0 amide bonds. The second-order valence-corrected chi connectivity index (χ2v) is 14.5. The van der Waals surface area contributed by atoms with Crippen molar-refractivity contribution >= 4 is 78.2 Å². The van der Waals surface area contributed by atoms with Gasteiger partial charge in [0, 0.05) is 22.5 Å². The van der Waals surface area contributed by atoms with Crippen molar-refractivity contribution in [3.63, 3.8) is 0 Å². The van der Waals surface area contributed by atoms with Gasteiger partial charge in [0.05, 0.1) is 22.5 Å². The summed E-state index contributed by atoms with van der Waals surface area (Å²) < 4.78 is 0. The van der Waals surface area contributed by atoms with Gasteiger partial charge in [-0.05, 0) is 83.2 Å². The summed E-state index contributed by atoms with van der Waals surface area (Å²) in [6.07, 6.45) is 0. The summed E-state index contributed by atoms with van der Waals surface area (Å²) in [5.74, 6) is -0.590. The first-order valence-corrected chi connectivity index (χ1v) is 19.2. The van der Waals surface area contributed by atoms with Crippen LogP contribution in [0, 0.1) is 0 Å². The number of anilines is 2. The molecule has 8 rings (SSSR count). The van der Waals surface area contributed by atoms with Crippen molar-refractivity contribution in [3.8, 4) is 11.1 Å². The molecule has 2 heterocycles. The van der Waals surface area contributed by atoms with Gasteiger partial charge < -0.3 is 10.6 Å². The number of benzene rings is 6. The molecule has 0 atom stereocenters. The minimum atomic E-state index is -0.299. The Balaban J connectivity index is 1.05. The molecular formula is C46H30N4O4S2. The smallest absolute Gasteiger partial charge is 0.242 e. The van der Waals surface area contributed by atoms with Gasteiger partial charge in [0.25, 0.3) is 0 Å². The number of nitrogens with zero attached hydrogens (tertiary/aromatic N) is 2. The number of carbonyl (C=O) groups is 4. The first kappa shape index (κ1) is 36.1. The summed E-state index contributed by atoms with van der Waals surface area (Å²) in [6.45, 7) is 0. The van der Waals surface area contributed by atoms with E-state index in [1.54, 1.807) is 48.5 Å². The van der Waals surface area contributed by atoms with Crippen molar-refractivity contribution in [3.05, 3.63) is 204 Å². The normalized spacial score (nSPS) is 15.5. The molecule has 56 heavy (non-hydrogen) atoms. The van der Waals surface area contributed by atoms with Crippen LogP contribution in [0.2, 0.25) is 0 Å². The lowest BCUT2D eigenvalue weighted by atomic mass is 10.0. The molecule has 0 unspecified atom stereocenters. The van der Waals surface area contributed by atoms with Gasteiger partial charge in [0.2, 0.25) is 10.2 Å². The van der Waals surface area contributed by atoms with E-state index in [1.807, 2.05) is 121 Å². The third-order valence-corrected chi connectivity index (χ3v) is 10.6. The molecule has 0 radical (unpaired) electrons. The summed E-state index contributed by atoms with van der Waals surface area (Å²) in [5.41, 5.74) is 6.06. The van der Waals surface area contributed by atoms with Crippen molar-refractivity contribution in [2.45, 2.75) is 0 Å². The van der Waals surface area contributed by atoms with E-state index in [0.717, 1.165) is 34.7 Å². The zero-order valence-corrected chi connectivity index (χ0v) is 31.1. The minimum Gasteiger partial charge on any atom is -0.351 e. The Bertz CT molecular complexity index is 2420. The predicted molar refractivity (Wildman–Crippen MR) is 227 cm³/mol. The van der Waals surface area contributed by atoms with E-state index in [1.165, 1.54) is 0 Å². The molecule has 270 valence electrons. The van der Waals surface area contributed by atoms with E-state index in [4.69, 9.17) is 0 Å². The average Bonchev–Trinajstić information content (AvgIpc) is 3.71. The maximum absolute atomic E-state index is 13.8. The molecule has 0 bridgehead atoms. The first-order chi connectivity index (χ1) is 27.4. The quantitative estimate of drug-likeness (QED) is 0.125. The van der Waals surface area contributed by atoms with Crippen LogP contribution in [0.3, 0.4) is 0 Å².